The Hall–Kier alpha value is -4.40. The molecule has 0 aliphatic rings. The van der Waals surface area contributed by atoms with E-state index in [0.29, 0.717) is 4.80 Å². The van der Waals surface area contributed by atoms with E-state index in [0.717, 1.165) is 16.8 Å². The smallest absolute Gasteiger partial charge is 0.347 e. The highest BCUT2D eigenvalue weighted by atomic mass is 35.5. The Morgan fingerprint density at radius 2 is 1.80 bits per heavy atom. The van der Waals surface area contributed by atoms with E-state index in [4.69, 9.17) is 11.6 Å². The molecule has 0 aliphatic heterocycles. The molecule has 210 valence electrons. The van der Waals surface area contributed by atoms with Crippen LogP contribution in [0.2, 0.25) is 5.02 Å². The number of alkyl halides is 3. The van der Waals surface area contributed by atoms with E-state index in [1.165, 1.54) is 25.3 Å². The molecule has 0 fully saturated rings. The summed E-state index contributed by atoms with van der Waals surface area (Å²) in [5.41, 5.74) is -0.529. The number of amides is 2. The van der Waals surface area contributed by atoms with Gasteiger partial charge in [-0.05, 0) is 68.8 Å². The Balaban J connectivity index is 1.74. The lowest BCUT2D eigenvalue weighted by Crippen LogP contribution is -2.41. The Morgan fingerprint density at radius 1 is 1.07 bits per heavy atom. The van der Waals surface area contributed by atoms with Gasteiger partial charge >= 0.3 is 6.18 Å². The molecule has 0 spiro atoms. The van der Waals surface area contributed by atoms with Crippen molar-refractivity contribution in [3.05, 3.63) is 75.7 Å². The van der Waals surface area contributed by atoms with Crippen LogP contribution in [0, 0.1) is 12.7 Å². The zero-order chi connectivity index (χ0) is 29.4. The lowest BCUT2D eigenvalue weighted by Gasteiger charge is -2.22. The van der Waals surface area contributed by atoms with Gasteiger partial charge in [0.1, 0.15) is 18.1 Å². The Morgan fingerprint density at radius 3 is 2.42 bits per heavy atom. The largest absolute Gasteiger partial charge is 0.455 e. The molecule has 3 heterocycles. The maximum Gasteiger partial charge on any atom is 0.455 e. The third-order valence-corrected chi connectivity index (χ3v) is 5.51. The van der Waals surface area contributed by atoms with E-state index in [2.05, 4.69) is 36.1 Å². The zero-order valence-electron chi connectivity index (χ0n) is 21.5. The lowest BCUT2D eigenvalue weighted by atomic mass is 10.0. The summed E-state index contributed by atoms with van der Waals surface area (Å²) >= 11 is 6.27. The predicted molar refractivity (Wildman–Crippen MR) is 135 cm³/mol. The van der Waals surface area contributed by atoms with Crippen LogP contribution in [0.25, 0.3) is 5.82 Å². The first kappa shape index (κ1) is 28.6. The van der Waals surface area contributed by atoms with Gasteiger partial charge in [0.2, 0.25) is 0 Å². The molecule has 2 N–H and O–H groups in total. The Bertz CT molecular complexity index is 1590. The van der Waals surface area contributed by atoms with Gasteiger partial charge in [0.05, 0.1) is 22.0 Å². The van der Waals surface area contributed by atoms with Crippen LogP contribution in [-0.2, 0) is 12.7 Å². The third-order valence-electron chi connectivity index (χ3n) is 5.21. The number of tetrazole rings is 1. The number of nitrogens with zero attached hydrogens (tertiary/aromatic N) is 7. The summed E-state index contributed by atoms with van der Waals surface area (Å²) in [6.45, 7) is 6.37. The number of carbonyl (C=O) groups excluding carboxylic acids is 2. The van der Waals surface area contributed by atoms with Crippen molar-refractivity contribution in [2.24, 2.45) is 0 Å². The molecule has 0 radical (unpaired) electrons. The summed E-state index contributed by atoms with van der Waals surface area (Å²) in [7, 11) is 0. The quantitative estimate of drug-likeness (QED) is 0.327. The zero-order valence-corrected chi connectivity index (χ0v) is 22.3. The fraction of sp³-hybridized carbons (Fsp3) is 0.292. The molecule has 11 nitrogen and oxygen atoms in total. The second-order valence-corrected chi connectivity index (χ2v) is 10.1. The molecule has 4 rings (SSSR count). The molecule has 40 heavy (non-hydrogen) atoms. The molecule has 4 aromatic rings. The van der Waals surface area contributed by atoms with E-state index in [9.17, 15) is 27.2 Å². The van der Waals surface area contributed by atoms with Crippen LogP contribution in [0.3, 0.4) is 0 Å². The molecule has 0 aliphatic carbocycles. The number of nitrogens with one attached hydrogen (secondary N) is 2. The minimum atomic E-state index is -4.80. The number of hydrogen-bond acceptors (Lipinski definition) is 7. The summed E-state index contributed by atoms with van der Waals surface area (Å²) in [5.74, 6) is -3.48. The van der Waals surface area contributed by atoms with Crippen molar-refractivity contribution in [3.8, 4) is 5.82 Å². The summed E-state index contributed by atoms with van der Waals surface area (Å²) in [4.78, 5) is 31.3. The molecule has 0 bridgehead atoms. The molecule has 0 saturated carbocycles. The predicted octanol–water partition coefficient (Wildman–Crippen LogP) is 4.20. The molecule has 3 aromatic heterocycles. The van der Waals surface area contributed by atoms with Crippen LogP contribution in [0.15, 0.2) is 36.5 Å². The molecular weight excluding hydrogens is 558 g/mol. The van der Waals surface area contributed by atoms with Crippen LogP contribution < -0.4 is 10.6 Å². The molecule has 16 heteroatoms. The lowest BCUT2D eigenvalue weighted by molar-refractivity contribution is -0.145. The van der Waals surface area contributed by atoms with Crippen molar-refractivity contribution in [1.82, 2.24) is 40.3 Å². The number of anilines is 1. The fourth-order valence-electron chi connectivity index (χ4n) is 3.61. The summed E-state index contributed by atoms with van der Waals surface area (Å²) < 4.78 is 54.0. The van der Waals surface area contributed by atoms with Crippen molar-refractivity contribution in [2.75, 3.05) is 5.32 Å². The molecule has 1 aromatic carbocycles. The third kappa shape index (κ3) is 6.42. The maximum atomic E-state index is 14.3. The average molecular weight is 580 g/mol. The minimum Gasteiger partial charge on any atom is -0.347 e. The van der Waals surface area contributed by atoms with Gasteiger partial charge in [0.25, 0.3) is 17.6 Å². The van der Waals surface area contributed by atoms with Crippen molar-refractivity contribution in [3.63, 3.8) is 0 Å². The first-order valence-corrected chi connectivity index (χ1v) is 12.0. The normalized spacial score (nSPS) is 11.9. The Labute approximate surface area is 229 Å². The van der Waals surface area contributed by atoms with Crippen molar-refractivity contribution in [1.29, 1.82) is 0 Å². The van der Waals surface area contributed by atoms with E-state index >= 15 is 0 Å². The van der Waals surface area contributed by atoms with Gasteiger partial charge in [-0.3, -0.25) is 9.59 Å². The second-order valence-electron chi connectivity index (χ2n) is 9.69. The van der Waals surface area contributed by atoms with Gasteiger partial charge in [-0.1, -0.05) is 11.6 Å². The molecule has 0 atom stereocenters. The van der Waals surface area contributed by atoms with Crippen LogP contribution >= 0.6 is 11.6 Å². The van der Waals surface area contributed by atoms with Gasteiger partial charge in [-0.2, -0.15) is 23.1 Å². The fourth-order valence-corrected chi connectivity index (χ4v) is 3.81. The van der Waals surface area contributed by atoms with Crippen molar-refractivity contribution < 1.29 is 27.2 Å². The number of carbonyl (C=O) groups is 2. The highest BCUT2D eigenvalue weighted by Gasteiger charge is 2.37. The second kappa shape index (κ2) is 10.6. The van der Waals surface area contributed by atoms with E-state index in [1.807, 2.05) is 0 Å². The van der Waals surface area contributed by atoms with Gasteiger partial charge in [-0.25, -0.2) is 14.1 Å². The minimum absolute atomic E-state index is 0.0438. The van der Waals surface area contributed by atoms with Gasteiger partial charge in [0.15, 0.2) is 5.82 Å². The SMILES string of the molecule is Cc1cc(F)cc(C(=O)NC(C)(C)C)c1NC(=O)c1cc(Cn2nnc(C(F)(F)F)n2)nn1-c1ncccc1Cl. The first-order chi connectivity index (χ1) is 18.6. The maximum absolute atomic E-state index is 14.3. The topological polar surface area (TPSA) is 133 Å². The number of aromatic nitrogens is 7. The van der Waals surface area contributed by atoms with Crippen molar-refractivity contribution >= 4 is 29.1 Å². The van der Waals surface area contributed by atoms with Crippen LogP contribution in [0.1, 0.15) is 58.7 Å². The van der Waals surface area contributed by atoms with E-state index in [1.54, 1.807) is 26.8 Å². The highest BCUT2D eigenvalue weighted by molar-refractivity contribution is 6.32. The van der Waals surface area contributed by atoms with Crippen LogP contribution in [-0.4, -0.2) is 52.3 Å². The standard InChI is InChI=1S/C24H22ClF4N9O2/c1-12-8-13(26)9-15(20(39)32-23(2,3)4)18(12)31-21(40)17-10-14(11-37-35-22(33-36-37)24(27,28)29)34-38(17)19-16(25)6-5-7-30-19/h5-10H,11H2,1-4H3,(H,31,40)(H,32,39). The van der Waals surface area contributed by atoms with Crippen molar-refractivity contribution in [2.45, 2.75) is 46.0 Å². The summed E-state index contributed by atoms with van der Waals surface area (Å²) in [6.07, 6.45) is -3.40. The number of pyridine rings is 1. The summed E-state index contributed by atoms with van der Waals surface area (Å²) in [5, 5.41) is 19.4. The summed E-state index contributed by atoms with van der Waals surface area (Å²) in [6, 6.07) is 6.47. The first-order valence-electron chi connectivity index (χ1n) is 11.6. The van der Waals surface area contributed by atoms with Gasteiger partial charge in [-0.15, -0.1) is 10.2 Å². The van der Waals surface area contributed by atoms with E-state index in [-0.39, 0.29) is 45.6 Å². The van der Waals surface area contributed by atoms with Crippen LogP contribution in [0.5, 0.6) is 0 Å². The highest BCUT2D eigenvalue weighted by Crippen LogP contribution is 2.27. The molecule has 0 saturated heterocycles. The molecule has 2 amide bonds. The van der Waals surface area contributed by atoms with Crippen LogP contribution in [0.4, 0.5) is 23.2 Å². The number of hydrogen-bond donors (Lipinski definition) is 2. The number of benzene rings is 1. The Kier molecular flexibility index (Phi) is 7.61. The number of halogens is 5. The monoisotopic (exact) mass is 579 g/mol. The average Bonchev–Trinajstić information content (AvgIpc) is 3.47. The number of aryl methyl sites for hydroxylation is 1. The van der Waals surface area contributed by atoms with E-state index < -0.39 is 35.2 Å². The van der Waals surface area contributed by atoms with Gasteiger partial charge < -0.3 is 10.6 Å². The molecule has 0 unspecified atom stereocenters. The van der Waals surface area contributed by atoms with Gasteiger partial charge in [0, 0.05) is 11.7 Å². The molecular formula is C24H22ClF4N9O2. The number of rotatable bonds is 6.